The van der Waals surface area contributed by atoms with E-state index >= 15 is 0 Å². The summed E-state index contributed by atoms with van der Waals surface area (Å²) in [5, 5.41) is 0.344. The number of hydrogen-bond acceptors (Lipinski definition) is 4. The molecule has 1 saturated heterocycles. The number of hydrogen-bond donors (Lipinski definition) is 2. The fourth-order valence-corrected chi connectivity index (χ4v) is 4.55. The first-order valence-corrected chi connectivity index (χ1v) is 7.45. The van der Waals surface area contributed by atoms with E-state index in [9.17, 15) is 13.2 Å². The van der Waals surface area contributed by atoms with E-state index in [0.717, 1.165) is 17.3 Å². The Bertz CT molecular complexity index is 196. The fraction of sp³-hybridized carbons (Fsp3) is 1.00. The van der Waals surface area contributed by atoms with E-state index < -0.39 is 12.6 Å². The second-order valence-electron chi connectivity index (χ2n) is 3.76. The largest absolute Gasteiger partial charge is 0.389 e. The summed E-state index contributed by atoms with van der Waals surface area (Å²) in [4.78, 5) is 0. The van der Waals surface area contributed by atoms with Gasteiger partial charge < -0.3 is 0 Å². The zero-order chi connectivity index (χ0) is 12.0. The van der Waals surface area contributed by atoms with Crippen LogP contribution in [0.5, 0.6) is 0 Å². The highest BCUT2D eigenvalue weighted by Crippen LogP contribution is 2.29. The monoisotopic (exact) mass is 274 g/mol. The van der Waals surface area contributed by atoms with Crippen LogP contribution in [-0.2, 0) is 0 Å². The Morgan fingerprint density at radius 3 is 2.62 bits per heavy atom. The average molecular weight is 274 g/mol. The van der Waals surface area contributed by atoms with Gasteiger partial charge in [0.05, 0.1) is 0 Å². The van der Waals surface area contributed by atoms with Crippen LogP contribution in [-0.4, -0.2) is 34.7 Å². The second-order valence-corrected chi connectivity index (χ2v) is 6.26. The number of alkyl halides is 3. The molecule has 0 aliphatic carbocycles. The molecule has 0 radical (unpaired) electrons. The molecule has 0 aromatic heterocycles. The maximum Gasteiger partial charge on any atom is 0.389 e. The highest BCUT2D eigenvalue weighted by molar-refractivity contribution is 8.06. The first kappa shape index (κ1) is 14.5. The first-order chi connectivity index (χ1) is 7.53. The highest BCUT2D eigenvalue weighted by Gasteiger charge is 2.28. The maximum atomic E-state index is 12.0. The van der Waals surface area contributed by atoms with Crippen molar-refractivity contribution in [3.05, 3.63) is 0 Å². The molecule has 1 rings (SSSR count). The molecule has 1 fully saturated rings. The summed E-state index contributed by atoms with van der Waals surface area (Å²) >= 11 is 3.66. The first-order valence-electron chi connectivity index (χ1n) is 5.25. The zero-order valence-electron chi connectivity index (χ0n) is 8.93. The summed E-state index contributed by atoms with van der Waals surface area (Å²) in [7, 11) is 0. The third-order valence-electron chi connectivity index (χ3n) is 2.48. The van der Waals surface area contributed by atoms with Crippen molar-refractivity contribution < 1.29 is 13.2 Å². The van der Waals surface area contributed by atoms with Crippen LogP contribution >= 0.6 is 23.5 Å². The molecule has 2 unspecified atom stereocenters. The van der Waals surface area contributed by atoms with Crippen LogP contribution < -0.4 is 11.3 Å². The van der Waals surface area contributed by atoms with Crippen LogP contribution in [0.25, 0.3) is 0 Å². The van der Waals surface area contributed by atoms with Crippen molar-refractivity contribution in [1.82, 2.24) is 5.43 Å². The summed E-state index contributed by atoms with van der Waals surface area (Å²) in [6.07, 6.45) is -4.11. The number of halogens is 3. The summed E-state index contributed by atoms with van der Waals surface area (Å²) < 4.78 is 36.0. The van der Waals surface area contributed by atoms with Gasteiger partial charge in [-0.3, -0.25) is 11.3 Å². The van der Waals surface area contributed by atoms with Gasteiger partial charge in [0.2, 0.25) is 0 Å². The molecule has 16 heavy (non-hydrogen) atoms. The average Bonchev–Trinajstić information content (AvgIpc) is 2.24. The minimum Gasteiger partial charge on any atom is -0.271 e. The van der Waals surface area contributed by atoms with E-state index in [0.29, 0.717) is 11.7 Å². The molecule has 7 heteroatoms. The Hall–Kier alpha value is 0.410. The number of hydrazine groups is 1. The molecular weight excluding hydrogens is 257 g/mol. The van der Waals surface area contributed by atoms with E-state index in [2.05, 4.69) is 5.43 Å². The third kappa shape index (κ3) is 5.65. The SMILES string of the molecule is NNC(CCCC(F)(F)F)C1CSCCS1. The van der Waals surface area contributed by atoms with E-state index in [1.165, 1.54) is 0 Å². The van der Waals surface area contributed by atoms with Crippen LogP contribution in [0.2, 0.25) is 0 Å². The number of rotatable bonds is 5. The number of thioether (sulfide) groups is 2. The van der Waals surface area contributed by atoms with Gasteiger partial charge in [-0.15, -0.1) is 0 Å². The second kappa shape index (κ2) is 6.98. The maximum absolute atomic E-state index is 12.0. The standard InChI is InChI=1S/C9H17F3N2S2/c10-9(11,12)3-1-2-7(14-13)8-6-15-4-5-16-8/h7-8,14H,1-6,13H2. The molecule has 1 aliphatic heterocycles. The molecule has 1 heterocycles. The van der Waals surface area contributed by atoms with Gasteiger partial charge in [-0.05, 0) is 12.8 Å². The lowest BCUT2D eigenvalue weighted by Crippen LogP contribution is -2.44. The van der Waals surface area contributed by atoms with Gasteiger partial charge in [0.15, 0.2) is 0 Å². The molecule has 0 spiro atoms. The van der Waals surface area contributed by atoms with Gasteiger partial charge in [-0.1, -0.05) is 0 Å². The fourth-order valence-electron chi connectivity index (χ4n) is 1.64. The van der Waals surface area contributed by atoms with Gasteiger partial charge in [0, 0.05) is 35.0 Å². The summed E-state index contributed by atoms with van der Waals surface area (Å²) in [5.41, 5.74) is 2.66. The molecular formula is C9H17F3N2S2. The topological polar surface area (TPSA) is 38.0 Å². The van der Waals surface area contributed by atoms with Crippen molar-refractivity contribution in [3.8, 4) is 0 Å². The lowest BCUT2D eigenvalue weighted by Gasteiger charge is -2.29. The van der Waals surface area contributed by atoms with E-state index in [1.807, 2.05) is 23.5 Å². The van der Waals surface area contributed by atoms with Crippen LogP contribution in [0.3, 0.4) is 0 Å². The predicted octanol–water partition coefficient (Wildman–Crippen LogP) is 2.40. The van der Waals surface area contributed by atoms with Gasteiger partial charge in [0.25, 0.3) is 0 Å². The highest BCUT2D eigenvalue weighted by atomic mass is 32.2. The van der Waals surface area contributed by atoms with E-state index in [4.69, 9.17) is 5.84 Å². The van der Waals surface area contributed by atoms with Gasteiger partial charge in [-0.2, -0.15) is 36.7 Å². The normalized spacial score (nSPS) is 24.4. The molecule has 0 amide bonds. The summed E-state index contributed by atoms with van der Waals surface area (Å²) in [6.45, 7) is 0. The van der Waals surface area contributed by atoms with E-state index in [1.54, 1.807) is 0 Å². The smallest absolute Gasteiger partial charge is 0.271 e. The van der Waals surface area contributed by atoms with Crippen LogP contribution in [0.1, 0.15) is 19.3 Å². The van der Waals surface area contributed by atoms with E-state index in [-0.39, 0.29) is 12.5 Å². The predicted molar refractivity (Wildman–Crippen MR) is 64.6 cm³/mol. The van der Waals surface area contributed by atoms with Crippen LogP contribution in [0.15, 0.2) is 0 Å². The Labute approximate surface area is 102 Å². The van der Waals surface area contributed by atoms with Crippen molar-refractivity contribution in [3.63, 3.8) is 0 Å². The third-order valence-corrected chi connectivity index (χ3v) is 5.40. The summed E-state index contributed by atoms with van der Waals surface area (Å²) in [5.74, 6) is 8.57. The van der Waals surface area contributed by atoms with Crippen LogP contribution in [0, 0.1) is 0 Å². The molecule has 0 aromatic rings. The van der Waals surface area contributed by atoms with Crippen molar-refractivity contribution in [1.29, 1.82) is 0 Å². The summed E-state index contributed by atoms with van der Waals surface area (Å²) in [6, 6.07) is 0.000139. The lowest BCUT2D eigenvalue weighted by molar-refractivity contribution is -0.135. The molecule has 2 atom stereocenters. The van der Waals surface area contributed by atoms with Crippen LogP contribution in [0.4, 0.5) is 13.2 Å². The van der Waals surface area contributed by atoms with Gasteiger partial charge >= 0.3 is 6.18 Å². The Balaban J connectivity index is 2.25. The van der Waals surface area contributed by atoms with Gasteiger partial charge in [0.1, 0.15) is 0 Å². The van der Waals surface area contributed by atoms with Crippen molar-refractivity contribution in [2.45, 2.75) is 36.7 Å². The lowest BCUT2D eigenvalue weighted by atomic mass is 10.1. The van der Waals surface area contributed by atoms with Crippen molar-refractivity contribution in [2.24, 2.45) is 5.84 Å². The number of nitrogens with one attached hydrogen (secondary N) is 1. The molecule has 1 aliphatic rings. The molecule has 96 valence electrons. The molecule has 2 nitrogen and oxygen atoms in total. The van der Waals surface area contributed by atoms with Crippen molar-refractivity contribution >= 4 is 23.5 Å². The Morgan fingerprint density at radius 1 is 1.38 bits per heavy atom. The minimum absolute atomic E-state index is 0.000139. The molecule has 0 bridgehead atoms. The number of nitrogens with two attached hydrogens (primary N) is 1. The Kier molecular flexibility index (Phi) is 6.31. The molecule has 0 saturated carbocycles. The zero-order valence-corrected chi connectivity index (χ0v) is 10.6. The minimum atomic E-state index is -4.05. The molecule has 3 N–H and O–H groups in total. The Morgan fingerprint density at radius 2 is 2.12 bits per heavy atom. The van der Waals surface area contributed by atoms with Gasteiger partial charge in [-0.25, -0.2) is 0 Å². The van der Waals surface area contributed by atoms with Crippen molar-refractivity contribution in [2.75, 3.05) is 17.3 Å². The quantitative estimate of drug-likeness (QED) is 0.596. The molecule has 0 aromatic carbocycles.